The maximum absolute atomic E-state index is 12.5. The highest BCUT2D eigenvalue weighted by molar-refractivity contribution is 5.92. The van der Waals surface area contributed by atoms with Crippen LogP contribution in [0, 0.1) is 5.92 Å². The van der Waals surface area contributed by atoms with Gasteiger partial charge in [-0.1, -0.05) is 20.3 Å². The molecule has 156 valence electrons. The molecule has 0 aliphatic rings. The van der Waals surface area contributed by atoms with Crippen molar-refractivity contribution in [3.8, 4) is 0 Å². The summed E-state index contributed by atoms with van der Waals surface area (Å²) in [6.07, 6.45) is 1.86. The first-order valence-electron chi connectivity index (χ1n) is 9.21. The van der Waals surface area contributed by atoms with Crippen LogP contribution in [0.1, 0.15) is 52.4 Å². The molecule has 0 saturated carbocycles. The molecule has 0 aromatic carbocycles. The lowest BCUT2D eigenvalue weighted by Crippen LogP contribution is -2.55. The van der Waals surface area contributed by atoms with Crippen LogP contribution in [-0.2, 0) is 19.2 Å². The first-order valence-corrected chi connectivity index (χ1v) is 9.21. The van der Waals surface area contributed by atoms with E-state index in [4.69, 9.17) is 17.2 Å². The van der Waals surface area contributed by atoms with Gasteiger partial charge in [0.15, 0.2) is 0 Å². The van der Waals surface area contributed by atoms with Crippen LogP contribution < -0.4 is 27.8 Å². The third-order valence-corrected chi connectivity index (χ3v) is 4.43. The van der Waals surface area contributed by atoms with Crippen molar-refractivity contribution in [1.82, 2.24) is 10.6 Å². The lowest BCUT2D eigenvalue weighted by Gasteiger charge is -2.24. The van der Waals surface area contributed by atoms with Crippen LogP contribution >= 0.6 is 0 Å². The Labute approximate surface area is 159 Å². The molecule has 0 aliphatic heterocycles. The zero-order chi connectivity index (χ0) is 21.0. The summed E-state index contributed by atoms with van der Waals surface area (Å²) >= 11 is 0. The Morgan fingerprint density at radius 3 is 2.07 bits per heavy atom. The van der Waals surface area contributed by atoms with Crippen molar-refractivity contribution < 1.29 is 24.3 Å². The minimum atomic E-state index is -1.18. The molecule has 0 unspecified atom stereocenters. The molecule has 0 bridgehead atoms. The normalized spacial score (nSPS) is 15.3. The van der Waals surface area contributed by atoms with Crippen LogP contribution in [0.4, 0.5) is 0 Å². The number of aliphatic carboxylic acids is 1. The second-order valence-corrected chi connectivity index (χ2v) is 6.66. The fourth-order valence-electron chi connectivity index (χ4n) is 2.36. The van der Waals surface area contributed by atoms with Crippen LogP contribution in [0.15, 0.2) is 0 Å². The highest BCUT2D eigenvalue weighted by Crippen LogP contribution is 2.08. The van der Waals surface area contributed by atoms with Crippen molar-refractivity contribution in [2.45, 2.75) is 70.5 Å². The van der Waals surface area contributed by atoms with E-state index in [1.165, 1.54) is 0 Å². The Kier molecular flexibility index (Phi) is 12.0. The Morgan fingerprint density at radius 2 is 1.59 bits per heavy atom. The molecule has 0 aromatic rings. The molecule has 10 nitrogen and oxygen atoms in total. The van der Waals surface area contributed by atoms with E-state index in [0.717, 1.165) is 0 Å². The predicted octanol–water partition coefficient (Wildman–Crippen LogP) is -1.19. The van der Waals surface area contributed by atoms with Crippen molar-refractivity contribution in [2.75, 3.05) is 6.54 Å². The minimum absolute atomic E-state index is 0.0464. The minimum Gasteiger partial charge on any atom is -0.480 e. The second-order valence-electron chi connectivity index (χ2n) is 6.66. The molecular formula is C17H33N5O5. The van der Waals surface area contributed by atoms with Gasteiger partial charge in [-0.25, -0.2) is 4.79 Å². The van der Waals surface area contributed by atoms with Gasteiger partial charge in [-0.15, -0.1) is 0 Å². The Morgan fingerprint density at radius 1 is 1.00 bits per heavy atom. The van der Waals surface area contributed by atoms with Crippen LogP contribution in [0.3, 0.4) is 0 Å². The number of hydrogen-bond donors (Lipinski definition) is 6. The van der Waals surface area contributed by atoms with E-state index in [0.29, 0.717) is 25.8 Å². The number of rotatable bonds is 14. The van der Waals surface area contributed by atoms with E-state index in [1.54, 1.807) is 6.92 Å². The van der Waals surface area contributed by atoms with Gasteiger partial charge in [0.25, 0.3) is 0 Å². The van der Waals surface area contributed by atoms with Crippen LogP contribution in [0.5, 0.6) is 0 Å². The summed E-state index contributed by atoms with van der Waals surface area (Å²) in [6, 6.07) is -3.03. The fourth-order valence-corrected chi connectivity index (χ4v) is 2.36. The molecule has 4 atom stereocenters. The third-order valence-electron chi connectivity index (χ3n) is 4.43. The SMILES string of the molecule is CC[C@H](C)[C@H](N)C(=O)N[C@@H](CCC(N)=O)C(=O)N[C@@H](CCCCN)C(=O)O. The zero-order valence-corrected chi connectivity index (χ0v) is 16.1. The van der Waals surface area contributed by atoms with Crippen molar-refractivity contribution in [3.63, 3.8) is 0 Å². The summed E-state index contributed by atoms with van der Waals surface area (Å²) in [4.78, 5) is 47.2. The average molecular weight is 387 g/mol. The Hall–Kier alpha value is -2.20. The smallest absolute Gasteiger partial charge is 0.326 e. The monoisotopic (exact) mass is 387 g/mol. The van der Waals surface area contributed by atoms with E-state index in [1.807, 2.05) is 6.92 Å². The number of hydrogen-bond acceptors (Lipinski definition) is 6. The van der Waals surface area contributed by atoms with E-state index >= 15 is 0 Å². The standard InChI is InChI=1S/C17H33N5O5/c1-3-10(2)14(20)16(25)21-11(7-8-13(19)23)15(24)22-12(17(26)27)6-4-5-9-18/h10-12,14H,3-9,18,20H2,1-2H3,(H2,19,23)(H,21,25)(H,22,24)(H,26,27)/t10-,11-,12-,14-/m0/s1. The molecule has 27 heavy (non-hydrogen) atoms. The quantitative estimate of drug-likeness (QED) is 0.202. The maximum Gasteiger partial charge on any atom is 0.326 e. The van der Waals surface area contributed by atoms with Crippen LogP contribution in [0.25, 0.3) is 0 Å². The van der Waals surface area contributed by atoms with Crippen molar-refractivity contribution in [1.29, 1.82) is 0 Å². The number of unbranched alkanes of at least 4 members (excludes halogenated alkanes) is 1. The van der Waals surface area contributed by atoms with Crippen LogP contribution in [-0.4, -0.2) is 53.5 Å². The molecule has 10 heteroatoms. The van der Waals surface area contributed by atoms with Crippen molar-refractivity contribution >= 4 is 23.7 Å². The van der Waals surface area contributed by atoms with Gasteiger partial charge in [0.2, 0.25) is 17.7 Å². The average Bonchev–Trinajstić information content (AvgIpc) is 2.62. The molecule has 3 amide bonds. The fraction of sp³-hybridized carbons (Fsp3) is 0.765. The molecular weight excluding hydrogens is 354 g/mol. The van der Waals surface area contributed by atoms with E-state index < -0.39 is 41.8 Å². The summed E-state index contributed by atoms with van der Waals surface area (Å²) in [5.74, 6) is -3.15. The van der Waals surface area contributed by atoms with Gasteiger partial charge in [0.05, 0.1) is 6.04 Å². The highest BCUT2D eigenvalue weighted by Gasteiger charge is 2.29. The molecule has 0 spiro atoms. The van der Waals surface area contributed by atoms with Gasteiger partial charge in [-0.2, -0.15) is 0 Å². The molecule has 0 rings (SSSR count). The number of nitrogens with one attached hydrogen (secondary N) is 2. The van der Waals surface area contributed by atoms with Gasteiger partial charge in [-0.3, -0.25) is 14.4 Å². The number of carbonyl (C=O) groups is 4. The Balaban J connectivity index is 5.07. The summed E-state index contributed by atoms with van der Waals surface area (Å²) in [5, 5.41) is 14.2. The summed E-state index contributed by atoms with van der Waals surface area (Å²) in [7, 11) is 0. The second kappa shape index (κ2) is 13.0. The summed E-state index contributed by atoms with van der Waals surface area (Å²) in [6.45, 7) is 4.11. The van der Waals surface area contributed by atoms with E-state index in [9.17, 15) is 24.3 Å². The number of carboxylic acid groups (broad SMARTS) is 1. The van der Waals surface area contributed by atoms with Gasteiger partial charge >= 0.3 is 5.97 Å². The van der Waals surface area contributed by atoms with Crippen molar-refractivity contribution in [2.24, 2.45) is 23.1 Å². The van der Waals surface area contributed by atoms with Gasteiger partial charge in [0, 0.05) is 6.42 Å². The first-order chi connectivity index (χ1) is 12.6. The number of carbonyl (C=O) groups excluding carboxylic acids is 3. The highest BCUT2D eigenvalue weighted by atomic mass is 16.4. The number of carboxylic acids is 1. The van der Waals surface area contributed by atoms with Gasteiger partial charge in [0.1, 0.15) is 12.1 Å². The molecule has 0 aromatic heterocycles. The topological polar surface area (TPSA) is 191 Å². The Bertz CT molecular complexity index is 514. The number of amides is 3. The summed E-state index contributed by atoms with van der Waals surface area (Å²) < 4.78 is 0. The molecule has 0 saturated heterocycles. The summed E-state index contributed by atoms with van der Waals surface area (Å²) in [5.41, 5.74) is 16.4. The predicted molar refractivity (Wildman–Crippen MR) is 100 cm³/mol. The van der Waals surface area contributed by atoms with Gasteiger partial charge < -0.3 is 32.9 Å². The lowest BCUT2D eigenvalue weighted by atomic mass is 9.98. The molecule has 0 fully saturated rings. The number of nitrogens with two attached hydrogens (primary N) is 3. The molecule has 0 aliphatic carbocycles. The first kappa shape index (κ1) is 24.8. The van der Waals surface area contributed by atoms with Crippen molar-refractivity contribution in [3.05, 3.63) is 0 Å². The molecule has 0 radical (unpaired) electrons. The lowest BCUT2D eigenvalue weighted by molar-refractivity contribution is -0.142. The largest absolute Gasteiger partial charge is 0.480 e. The molecule has 9 N–H and O–H groups in total. The van der Waals surface area contributed by atoms with Crippen LogP contribution in [0.2, 0.25) is 0 Å². The third kappa shape index (κ3) is 9.90. The number of primary amides is 1. The van der Waals surface area contributed by atoms with E-state index in [-0.39, 0.29) is 25.2 Å². The maximum atomic E-state index is 12.5. The zero-order valence-electron chi connectivity index (χ0n) is 16.1. The molecule has 0 heterocycles. The van der Waals surface area contributed by atoms with E-state index in [2.05, 4.69) is 10.6 Å². The van der Waals surface area contributed by atoms with Gasteiger partial charge in [-0.05, 0) is 38.1 Å².